The number of hydrogen-bond donors (Lipinski definition) is 0. The molecule has 0 fully saturated rings. The molecule has 240 valence electrons. The highest BCUT2D eigenvalue weighted by Gasteiger charge is 2.15. The molecule has 0 bridgehead atoms. The van der Waals surface area contributed by atoms with Gasteiger partial charge in [0, 0.05) is 17.1 Å². The van der Waals surface area contributed by atoms with Crippen molar-refractivity contribution in [3.05, 3.63) is 212 Å². The summed E-state index contributed by atoms with van der Waals surface area (Å²) in [4.78, 5) is 1.86. The lowest BCUT2D eigenvalue weighted by Gasteiger charge is -2.26. The fraction of sp³-hybridized carbons (Fsp3) is 0. The maximum atomic E-state index is 9.46. The van der Waals surface area contributed by atoms with E-state index in [-0.39, 0.29) is 35.4 Å². The van der Waals surface area contributed by atoms with Crippen LogP contribution in [0.25, 0.3) is 66.1 Å². The second kappa shape index (κ2) is 13.3. The Balaban J connectivity index is 1.17. The lowest BCUT2D eigenvalue weighted by molar-refractivity contribution is 1.28. The maximum Gasteiger partial charge on any atom is 0.0645 e. The second-order valence-electron chi connectivity index (χ2n) is 12.7. The predicted octanol–water partition coefficient (Wildman–Crippen LogP) is 14.1. The Morgan fingerprint density at radius 1 is 0.255 bits per heavy atom. The van der Waals surface area contributed by atoms with Crippen LogP contribution in [-0.2, 0) is 0 Å². The molecular weight excluding hydrogens is 615 g/mol. The van der Waals surface area contributed by atoms with Crippen molar-refractivity contribution in [1.82, 2.24) is 0 Å². The fourth-order valence-electron chi connectivity index (χ4n) is 6.79. The highest BCUT2D eigenvalue weighted by molar-refractivity contribution is 5.90. The molecule has 1 nitrogen and oxygen atoms in total. The van der Waals surface area contributed by atoms with Gasteiger partial charge in [-0.1, -0.05) is 164 Å². The molecule has 0 aromatic heterocycles. The largest absolute Gasteiger partial charge is 0.310 e. The minimum Gasteiger partial charge on any atom is -0.310 e. The lowest BCUT2D eigenvalue weighted by atomic mass is 9.99. The highest BCUT2D eigenvalue weighted by atomic mass is 15.1. The summed E-state index contributed by atoms with van der Waals surface area (Å²) in [5, 5.41) is 4.64. The number of fused-ring (bicyclic) bond motifs is 2. The van der Waals surface area contributed by atoms with Gasteiger partial charge in [-0.05, 0) is 115 Å². The first-order valence-electron chi connectivity index (χ1n) is 19.2. The quantitative estimate of drug-likeness (QED) is 0.165. The Bertz CT molecular complexity index is 2820. The van der Waals surface area contributed by atoms with Gasteiger partial charge in [0.25, 0.3) is 0 Å². The van der Waals surface area contributed by atoms with Crippen LogP contribution >= 0.6 is 0 Å². The monoisotopic (exact) mass is 653 g/mol. The van der Waals surface area contributed by atoms with Crippen LogP contribution in [0, 0.1) is 0 Å². The van der Waals surface area contributed by atoms with E-state index in [4.69, 9.17) is 0 Å². The summed E-state index contributed by atoms with van der Waals surface area (Å²) in [6.07, 6.45) is 0. The van der Waals surface area contributed by atoms with Crippen molar-refractivity contribution in [3.8, 4) is 44.5 Å². The highest BCUT2D eigenvalue weighted by Crippen LogP contribution is 2.39. The molecule has 9 aromatic carbocycles. The molecule has 9 rings (SSSR count). The van der Waals surface area contributed by atoms with Crippen molar-refractivity contribution in [1.29, 1.82) is 0 Å². The summed E-state index contributed by atoms with van der Waals surface area (Å²) < 4.78 is 37.5. The van der Waals surface area contributed by atoms with Crippen LogP contribution in [0.3, 0.4) is 0 Å². The van der Waals surface area contributed by atoms with E-state index < -0.39 is 0 Å². The third-order valence-corrected chi connectivity index (χ3v) is 9.51. The summed E-state index contributed by atoms with van der Waals surface area (Å²) in [7, 11) is 0. The zero-order valence-corrected chi connectivity index (χ0v) is 27.8. The molecular formula is C50H35N. The Morgan fingerprint density at radius 2 is 0.686 bits per heavy atom. The first-order valence-corrected chi connectivity index (χ1v) is 17.2. The number of benzene rings is 9. The van der Waals surface area contributed by atoms with Gasteiger partial charge in [-0.2, -0.15) is 0 Å². The van der Waals surface area contributed by atoms with Gasteiger partial charge in [-0.15, -0.1) is 0 Å². The van der Waals surface area contributed by atoms with E-state index in [9.17, 15) is 5.48 Å². The maximum absolute atomic E-state index is 9.46. The molecule has 0 radical (unpaired) electrons. The molecule has 0 saturated carbocycles. The number of nitrogens with zero attached hydrogens (tertiary/aromatic N) is 1. The molecule has 0 aliphatic heterocycles. The fourth-order valence-corrected chi connectivity index (χ4v) is 6.79. The lowest BCUT2D eigenvalue weighted by Crippen LogP contribution is -2.10. The van der Waals surface area contributed by atoms with E-state index in [2.05, 4.69) is 84.9 Å². The van der Waals surface area contributed by atoms with Crippen molar-refractivity contribution in [2.45, 2.75) is 0 Å². The van der Waals surface area contributed by atoms with Gasteiger partial charge in [0.05, 0.1) is 5.48 Å². The van der Waals surface area contributed by atoms with Gasteiger partial charge in [0.2, 0.25) is 0 Å². The summed E-state index contributed by atoms with van der Waals surface area (Å²) in [5.41, 5.74) is 8.77. The first-order chi connectivity index (χ1) is 26.9. The second-order valence-corrected chi connectivity index (χ2v) is 12.7. The van der Waals surface area contributed by atoms with E-state index in [0.29, 0.717) is 5.56 Å². The summed E-state index contributed by atoms with van der Waals surface area (Å²) >= 11 is 0. The van der Waals surface area contributed by atoms with Crippen LogP contribution in [0.4, 0.5) is 17.1 Å². The van der Waals surface area contributed by atoms with Crippen molar-refractivity contribution >= 4 is 38.6 Å². The first kappa shape index (κ1) is 26.2. The summed E-state index contributed by atoms with van der Waals surface area (Å²) in [5.74, 6) is 0. The molecule has 0 aliphatic carbocycles. The van der Waals surface area contributed by atoms with E-state index in [1.165, 1.54) is 5.39 Å². The van der Waals surface area contributed by atoms with Gasteiger partial charge < -0.3 is 4.90 Å². The predicted molar refractivity (Wildman–Crippen MR) is 218 cm³/mol. The number of hydrogen-bond acceptors (Lipinski definition) is 1. The molecule has 51 heavy (non-hydrogen) atoms. The van der Waals surface area contributed by atoms with Crippen LogP contribution in [0.2, 0.25) is 0 Å². The van der Waals surface area contributed by atoms with Crippen molar-refractivity contribution < 1.29 is 5.48 Å². The Morgan fingerprint density at radius 3 is 1.31 bits per heavy atom. The molecule has 1 heteroatoms. The van der Waals surface area contributed by atoms with Crippen molar-refractivity contribution in [2.24, 2.45) is 0 Å². The minimum atomic E-state index is -0.113. The van der Waals surface area contributed by atoms with E-state index in [1.807, 2.05) is 108 Å². The van der Waals surface area contributed by atoms with Gasteiger partial charge >= 0.3 is 0 Å². The molecule has 9 aromatic rings. The van der Waals surface area contributed by atoms with Gasteiger partial charge in [-0.25, -0.2) is 0 Å². The van der Waals surface area contributed by atoms with Crippen molar-refractivity contribution in [3.63, 3.8) is 0 Å². The van der Waals surface area contributed by atoms with E-state index >= 15 is 0 Å². The third kappa shape index (κ3) is 6.18. The van der Waals surface area contributed by atoms with Crippen molar-refractivity contribution in [2.75, 3.05) is 4.90 Å². The summed E-state index contributed by atoms with van der Waals surface area (Å²) in [6.45, 7) is 0. The Hall–Kier alpha value is -6.70. The topological polar surface area (TPSA) is 3.24 Å². The molecule has 0 saturated heterocycles. The third-order valence-electron chi connectivity index (χ3n) is 9.51. The normalized spacial score (nSPS) is 12.2. The minimum absolute atomic E-state index is 0.0908. The van der Waals surface area contributed by atoms with Gasteiger partial charge in [0.15, 0.2) is 0 Å². The zero-order chi connectivity index (χ0) is 37.5. The van der Waals surface area contributed by atoms with Crippen LogP contribution in [-0.4, -0.2) is 0 Å². The summed E-state index contributed by atoms with van der Waals surface area (Å²) in [6, 6.07) is 62.9. The Labute approximate surface area is 305 Å². The molecule has 0 atom stereocenters. The molecule has 0 heterocycles. The number of rotatable bonds is 7. The average molecular weight is 654 g/mol. The standard InChI is InChI=1S/C50H35N/c1-2-9-36(10-3-1)39-17-19-40(20-18-39)41-25-29-48(30-26-41)51(49-31-27-42(28-32-49)46-23-21-37-11-4-6-13-43(37)33-46)50-16-8-15-45(35-50)47-24-22-38-12-5-7-14-44(38)34-47/h1-35H/i25D,26D,29D,30D. The molecule has 0 N–H and O–H groups in total. The van der Waals surface area contributed by atoms with Crippen LogP contribution in [0.5, 0.6) is 0 Å². The molecule has 0 amide bonds. The smallest absolute Gasteiger partial charge is 0.0645 e. The van der Waals surface area contributed by atoms with Gasteiger partial charge in [-0.3, -0.25) is 0 Å². The Kier molecular flexibility index (Phi) is 6.84. The van der Waals surface area contributed by atoms with Crippen LogP contribution < -0.4 is 4.90 Å². The van der Waals surface area contributed by atoms with E-state index in [0.717, 1.165) is 60.9 Å². The average Bonchev–Trinajstić information content (AvgIpc) is 3.25. The van der Waals surface area contributed by atoms with Gasteiger partial charge in [0.1, 0.15) is 0 Å². The van der Waals surface area contributed by atoms with Crippen LogP contribution in [0.15, 0.2) is 212 Å². The van der Waals surface area contributed by atoms with Crippen LogP contribution in [0.1, 0.15) is 5.48 Å². The molecule has 0 spiro atoms. The SMILES string of the molecule is [2H]c1c([2H])c(N(c2ccc(-c3ccc4ccccc4c3)cc2)c2cccc(-c3ccc4ccccc4c3)c2)c([2H])c([2H])c1-c1ccc(-c2ccccc2)cc1. The number of anilines is 3. The molecule has 0 aliphatic rings. The van der Waals surface area contributed by atoms with E-state index in [1.54, 1.807) is 0 Å². The molecule has 0 unspecified atom stereocenters. The zero-order valence-electron chi connectivity index (χ0n) is 31.8.